The quantitative estimate of drug-likeness (QED) is 0.884. The molecule has 1 saturated heterocycles. The van der Waals surface area contributed by atoms with Crippen molar-refractivity contribution in [2.24, 2.45) is 0 Å². The minimum absolute atomic E-state index is 0.0153. The van der Waals surface area contributed by atoms with Gasteiger partial charge >= 0.3 is 0 Å². The number of nitrogens with zero attached hydrogens (tertiary/aromatic N) is 1. The molecule has 0 atom stereocenters. The molecule has 0 radical (unpaired) electrons. The maximum Gasteiger partial charge on any atom is 0.256 e. The number of hydrogen-bond donors (Lipinski definition) is 1. The van der Waals surface area contributed by atoms with Gasteiger partial charge in [0.05, 0.1) is 29.9 Å². The lowest BCUT2D eigenvalue weighted by molar-refractivity contribution is -0.121. The third kappa shape index (κ3) is 3.54. The molecule has 2 fully saturated rings. The van der Waals surface area contributed by atoms with E-state index in [2.05, 4.69) is 5.32 Å². The predicted molar refractivity (Wildman–Crippen MR) is 108 cm³/mol. The van der Waals surface area contributed by atoms with Crippen LogP contribution < -0.4 is 5.32 Å². The van der Waals surface area contributed by atoms with E-state index in [4.69, 9.17) is 4.74 Å². The average Bonchev–Trinajstić information content (AvgIpc) is 3.26. The summed E-state index contributed by atoms with van der Waals surface area (Å²) in [5, 5.41) is 3.09. The van der Waals surface area contributed by atoms with Crippen LogP contribution in [0.25, 0.3) is 0 Å². The SMILES string of the molecule is O=C(c1ccccc1NC(=O)C1(c2ccccc2)CCCC1)N1CCOCC1. The zero-order valence-corrected chi connectivity index (χ0v) is 16.0. The summed E-state index contributed by atoms with van der Waals surface area (Å²) in [6, 6.07) is 17.3. The van der Waals surface area contributed by atoms with E-state index in [0.29, 0.717) is 37.6 Å². The zero-order chi connectivity index (χ0) is 19.4. The fourth-order valence-corrected chi connectivity index (χ4v) is 4.34. The van der Waals surface area contributed by atoms with Gasteiger partial charge in [-0.1, -0.05) is 55.3 Å². The molecule has 0 aromatic heterocycles. The number of ether oxygens (including phenoxy) is 1. The van der Waals surface area contributed by atoms with Gasteiger partial charge in [0.1, 0.15) is 0 Å². The summed E-state index contributed by atoms with van der Waals surface area (Å²) in [4.78, 5) is 28.2. The molecule has 1 aliphatic heterocycles. The summed E-state index contributed by atoms with van der Waals surface area (Å²) < 4.78 is 5.35. The normalized spacial score (nSPS) is 18.6. The third-order valence-corrected chi connectivity index (χ3v) is 5.92. The molecule has 1 N–H and O–H groups in total. The molecule has 2 aromatic carbocycles. The number of anilines is 1. The number of para-hydroxylation sites is 1. The molecule has 146 valence electrons. The Balaban J connectivity index is 1.60. The van der Waals surface area contributed by atoms with Crippen LogP contribution in [-0.4, -0.2) is 43.0 Å². The van der Waals surface area contributed by atoms with Crippen LogP contribution in [0, 0.1) is 0 Å². The fraction of sp³-hybridized carbons (Fsp3) is 0.391. The second kappa shape index (κ2) is 8.15. The Morgan fingerprint density at radius 1 is 0.893 bits per heavy atom. The van der Waals surface area contributed by atoms with Crippen molar-refractivity contribution in [1.82, 2.24) is 4.90 Å². The number of nitrogens with one attached hydrogen (secondary N) is 1. The molecule has 5 heteroatoms. The van der Waals surface area contributed by atoms with Gasteiger partial charge in [-0.25, -0.2) is 0 Å². The minimum Gasteiger partial charge on any atom is -0.378 e. The predicted octanol–water partition coefficient (Wildman–Crippen LogP) is 3.61. The first kappa shape index (κ1) is 18.7. The molecule has 1 heterocycles. The molecule has 0 unspecified atom stereocenters. The molecule has 2 aromatic rings. The topological polar surface area (TPSA) is 58.6 Å². The van der Waals surface area contributed by atoms with E-state index in [1.807, 2.05) is 48.5 Å². The van der Waals surface area contributed by atoms with Crippen LogP contribution in [0.5, 0.6) is 0 Å². The van der Waals surface area contributed by atoms with Crippen LogP contribution in [-0.2, 0) is 14.9 Å². The van der Waals surface area contributed by atoms with Crippen LogP contribution >= 0.6 is 0 Å². The van der Waals surface area contributed by atoms with E-state index in [9.17, 15) is 9.59 Å². The van der Waals surface area contributed by atoms with Crippen molar-refractivity contribution in [3.8, 4) is 0 Å². The van der Waals surface area contributed by atoms with E-state index in [1.165, 1.54) is 0 Å². The molecule has 28 heavy (non-hydrogen) atoms. The number of morpholine rings is 1. The highest BCUT2D eigenvalue weighted by molar-refractivity contribution is 6.06. The van der Waals surface area contributed by atoms with Crippen LogP contribution in [0.15, 0.2) is 54.6 Å². The molecular formula is C23H26N2O3. The summed E-state index contributed by atoms with van der Waals surface area (Å²) >= 11 is 0. The summed E-state index contributed by atoms with van der Waals surface area (Å²) in [7, 11) is 0. The highest BCUT2D eigenvalue weighted by Crippen LogP contribution is 2.42. The summed E-state index contributed by atoms with van der Waals surface area (Å²) in [6.07, 6.45) is 3.75. The summed E-state index contributed by atoms with van der Waals surface area (Å²) in [5.41, 5.74) is 1.67. The van der Waals surface area contributed by atoms with Gasteiger partial charge in [0.2, 0.25) is 5.91 Å². The van der Waals surface area contributed by atoms with Crippen molar-refractivity contribution >= 4 is 17.5 Å². The van der Waals surface area contributed by atoms with E-state index < -0.39 is 5.41 Å². The first-order valence-electron chi connectivity index (χ1n) is 10.0. The maximum atomic E-state index is 13.4. The van der Waals surface area contributed by atoms with E-state index in [1.54, 1.807) is 11.0 Å². The first-order valence-corrected chi connectivity index (χ1v) is 10.0. The molecule has 4 rings (SSSR count). The average molecular weight is 378 g/mol. The second-order valence-electron chi connectivity index (χ2n) is 7.56. The molecule has 5 nitrogen and oxygen atoms in total. The standard InChI is InChI=1S/C23H26N2O3/c26-21(25-14-16-28-17-15-25)19-10-4-5-11-20(19)24-22(27)23(12-6-7-13-23)18-8-2-1-3-9-18/h1-5,8-11H,6-7,12-17H2,(H,24,27). The van der Waals surface area contributed by atoms with E-state index >= 15 is 0 Å². The van der Waals surface area contributed by atoms with Gasteiger partial charge in [0.25, 0.3) is 5.91 Å². The van der Waals surface area contributed by atoms with Gasteiger partial charge in [0, 0.05) is 13.1 Å². The van der Waals surface area contributed by atoms with E-state index in [0.717, 1.165) is 31.2 Å². The third-order valence-electron chi connectivity index (χ3n) is 5.92. The lowest BCUT2D eigenvalue weighted by Crippen LogP contribution is -2.41. The number of hydrogen-bond acceptors (Lipinski definition) is 3. The summed E-state index contributed by atoms with van der Waals surface area (Å²) in [5.74, 6) is -0.0715. The maximum absolute atomic E-state index is 13.4. The van der Waals surface area contributed by atoms with Crippen LogP contribution in [0.2, 0.25) is 0 Å². The van der Waals surface area contributed by atoms with Crippen LogP contribution in [0.3, 0.4) is 0 Å². The van der Waals surface area contributed by atoms with Crippen molar-refractivity contribution in [2.75, 3.05) is 31.6 Å². The van der Waals surface area contributed by atoms with Crippen molar-refractivity contribution in [2.45, 2.75) is 31.1 Å². The molecule has 2 amide bonds. The molecule has 1 aliphatic carbocycles. The second-order valence-corrected chi connectivity index (χ2v) is 7.56. The number of rotatable bonds is 4. The minimum atomic E-state index is -0.517. The Bertz CT molecular complexity index is 838. The van der Waals surface area contributed by atoms with Gasteiger partial charge in [-0.3, -0.25) is 9.59 Å². The zero-order valence-electron chi connectivity index (χ0n) is 16.0. The molecule has 2 aliphatic rings. The number of amides is 2. The molecular weight excluding hydrogens is 352 g/mol. The smallest absolute Gasteiger partial charge is 0.256 e. The largest absolute Gasteiger partial charge is 0.378 e. The van der Waals surface area contributed by atoms with Crippen LogP contribution in [0.1, 0.15) is 41.6 Å². The van der Waals surface area contributed by atoms with Gasteiger partial charge in [0.15, 0.2) is 0 Å². The molecule has 0 bridgehead atoms. The highest BCUT2D eigenvalue weighted by Gasteiger charge is 2.42. The monoisotopic (exact) mass is 378 g/mol. The van der Waals surface area contributed by atoms with E-state index in [-0.39, 0.29) is 11.8 Å². The Labute approximate surface area is 165 Å². The Morgan fingerprint density at radius 2 is 1.54 bits per heavy atom. The number of carbonyl (C=O) groups excluding carboxylic acids is 2. The Morgan fingerprint density at radius 3 is 2.25 bits per heavy atom. The van der Waals surface area contributed by atoms with Crippen LogP contribution in [0.4, 0.5) is 5.69 Å². The summed E-state index contributed by atoms with van der Waals surface area (Å²) in [6.45, 7) is 2.26. The highest BCUT2D eigenvalue weighted by atomic mass is 16.5. The first-order chi connectivity index (χ1) is 13.7. The Hall–Kier alpha value is -2.66. The number of benzene rings is 2. The van der Waals surface area contributed by atoms with Gasteiger partial charge in [-0.05, 0) is 30.5 Å². The number of carbonyl (C=O) groups is 2. The van der Waals surface area contributed by atoms with Gasteiger partial charge in [-0.15, -0.1) is 0 Å². The molecule has 0 spiro atoms. The lowest BCUT2D eigenvalue weighted by Gasteiger charge is -2.30. The Kier molecular flexibility index (Phi) is 5.44. The van der Waals surface area contributed by atoms with Crippen molar-refractivity contribution in [1.29, 1.82) is 0 Å². The fourth-order valence-electron chi connectivity index (χ4n) is 4.34. The van der Waals surface area contributed by atoms with Crippen molar-refractivity contribution in [3.05, 3.63) is 65.7 Å². The molecule has 1 saturated carbocycles. The van der Waals surface area contributed by atoms with Crippen molar-refractivity contribution in [3.63, 3.8) is 0 Å². The van der Waals surface area contributed by atoms with Gasteiger partial charge < -0.3 is 15.0 Å². The van der Waals surface area contributed by atoms with Crippen molar-refractivity contribution < 1.29 is 14.3 Å². The van der Waals surface area contributed by atoms with Gasteiger partial charge in [-0.2, -0.15) is 0 Å². The lowest BCUT2D eigenvalue weighted by atomic mass is 9.78.